The molecule has 0 saturated heterocycles. The molecule has 0 heterocycles. The molecule has 0 aliphatic rings. The van der Waals surface area contributed by atoms with E-state index in [2.05, 4.69) is 5.32 Å². The minimum absolute atomic E-state index is 0.148. The monoisotopic (exact) mass is 296 g/mol. The lowest BCUT2D eigenvalue weighted by Gasteiger charge is -2.19. The maximum atomic E-state index is 12.8. The number of nitrogens with two attached hydrogens (primary N) is 1. The van der Waals surface area contributed by atoms with Gasteiger partial charge in [0.05, 0.1) is 0 Å². The standard InChI is InChI=1S/C15H21FN2O3/c1-9(2)7-13(19)15(21)18-12(14(17)20)8-10-3-5-11(16)6-4-10/h3-6,9,12-13,19H,7-8H2,1-2H3,(H2,17,20)(H,18,21)/t12-,13+/m0/s1. The van der Waals surface area contributed by atoms with E-state index in [-0.39, 0.29) is 18.2 Å². The van der Waals surface area contributed by atoms with Crippen LogP contribution in [0.1, 0.15) is 25.8 Å². The Morgan fingerprint density at radius 1 is 1.29 bits per heavy atom. The first-order valence-corrected chi connectivity index (χ1v) is 6.81. The van der Waals surface area contributed by atoms with Crippen molar-refractivity contribution in [1.29, 1.82) is 0 Å². The van der Waals surface area contributed by atoms with Crippen molar-refractivity contribution >= 4 is 11.8 Å². The fourth-order valence-corrected chi connectivity index (χ4v) is 1.90. The lowest BCUT2D eigenvalue weighted by Crippen LogP contribution is -2.49. The van der Waals surface area contributed by atoms with Gasteiger partial charge in [-0.25, -0.2) is 4.39 Å². The number of rotatable bonds is 7. The van der Waals surface area contributed by atoms with E-state index < -0.39 is 24.0 Å². The molecular formula is C15H21FN2O3. The summed E-state index contributed by atoms with van der Waals surface area (Å²) in [7, 11) is 0. The number of halogens is 1. The second-order valence-electron chi connectivity index (χ2n) is 5.44. The first kappa shape index (κ1) is 17.1. The van der Waals surface area contributed by atoms with Gasteiger partial charge in [0.1, 0.15) is 18.0 Å². The predicted octanol–water partition coefficient (Wildman–Crippen LogP) is 0.745. The zero-order valence-electron chi connectivity index (χ0n) is 12.2. The van der Waals surface area contributed by atoms with Gasteiger partial charge in [-0.15, -0.1) is 0 Å². The van der Waals surface area contributed by atoms with Gasteiger partial charge in [0.25, 0.3) is 0 Å². The Morgan fingerprint density at radius 3 is 2.33 bits per heavy atom. The molecule has 0 aliphatic carbocycles. The SMILES string of the molecule is CC(C)C[C@@H](O)C(=O)N[C@@H](Cc1ccc(F)cc1)C(N)=O. The molecule has 2 amide bonds. The van der Waals surface area contributed by atoms with Crippen LogP contribution in [0.2, 0.25) is 0 Å². The van der Waals surface area contributed by atoms with E-state index >= 15 is 0 Å². The molecule has 21 heavy (non-hydrogen) atoms. The van der Waals surface area contributed by atoms with Gasteiger partial charge in [0.2, 0.25) is 11.8 Å². The van der Waals surface area contributed by atoms with E-state index in [1.165, 1.54) is 24.3 Å². The summed E-state index contributed by atoms with van der Waals surface area (Å²) in [6.45, 7) is 3.75. The van der Waals surface area contributed by atoms with Crippen molar-refractivity contribution in [3.05, 3.63) is 35.6 Å². The number of hydrogen-bond donors (Lipinski definition) is 3. The number of primary amides is 1. The van der Waals surface area contributed by atoms with Crippen LogP contribution in [0.4, 0.5) is 4.39 Å². The summed E-state index contributed by atoms with van der Waals surface area (Å²) in [5.74, 6) is -1.57. The highest BCUT2D eigenvalue weighted by Crippen LogP contribution is 2.08. The van der Waals surface area contributed by atoms with Crippen LogP contribution in [0.25, 0.3) is 0 Å². The molecule has 5 nitrogen and oxygen atoms in total. The average Bonchev–Trinajstić information content (AvgIpc) is 2.39. The normalized spacial score (nSPS) is 13.8. The minimum atomic E-state index is -1.18. The lowest BCUT2D eigenvalue weighted by molar-refractivity contribution is -0.133. The maximum Gasteiger partial charge on any atom is 0.249 e. The predicted molar refractivity (Wildman–Crippen MR) is 76.7 cm³/mol. The largest absolute Gasteiger partial charge is 0.383 e. The smallest absolute Gasteiger partial charge is 0.249 e. The highest BCUT2D eigenvalue weighted by molar-refractivity contribution is 5.88. The number of hydrogen-bond acceptors (Lipinski definition) is 3. The van der Waals surface area contributed by atoms with E-state index in [1.807, 2.05) is 13.8 Å². The number of benzene rings is 1. The van der Waals surface area contributed by atoms with E-state index in [4.69, 9.17) is 5.73 Å². The highest BCUT2D eigenvalue weighted by Gasteiger charge is 2.23. The Morgan fingerprint density at radius 2 is 1.86 bits per heavy atom. The fourth-order valence-electron chi connectivity index (χ4n) is 1.90. The van der Waals surface area contributed by atoms with Gasteiger partial charge < -0.3 is 16.2 Å². The van der Waals surface area contributed by atoms with Crippen LogP contribution in [0.3, 0.4) is 0 Å². The second-order valence-corrected chi connectivity index (χ2v) is 5.44. The van der Waals surface area contributed by atoms with Crippen molar-refractivity contribution in [3.8, 4) is 0 Å². The summed E-state index contributed by atoms with van der Waals surface area (Å²) in [4.78, 5) is 23.2. The fraction of sp³-hybridized carbons (Fsp3) is 0.467. The Labute approximate surface area is 123 Å². The Hall–Kier alpha value is -1.95. The maximum absolute atomic E-state index is 12.8. The van der Waals surface area contributed by atoms with Crippen LogP contribution in [-0.4, -0.2) is 29.1 Å². The van der Waals surface area contributed by atoms with Crippen molar-refractivity contribution < 1.29 is 19.1 Å². The van der Waals surface area contributed by atoms with Crippen LogP contribution in [0.5, 0.6) is 0 Å². The third-order valence-electron chi connectivity index (χ3n) is 3.01. The van der Waals surface area contributed by atoms with E-state index in [0.29, 0.717) is 12.0 Å². The summed E-state index contributed by atoms with van der Waals surface area (Å²) in [5.41, 5.74) is 5.92. The van der Waals surface area contributed by atoms with E-state index in [9.17, 15) is 19.1 Å². The number of aliphatic hydroxyl groups excluding tert-OH is 1. The molecule has 0 aromatic heterocycles. The lowest BCUT2D eigenvalue weighted by atomic mass is 10.0. The zero-order chi connectivity index (χ0) is 16.0. The molecule has 0 spiro atoms. The Balaban J connectivity index is 2.67. The Bertz CT molecular complexity index is 488. The van der Waals surface area contributed by atoms with Gasteiger partial charge in [0, 0.05) is 6.42 Å². The quantitative estimate of drug-likeness (QED) is 0.693. The number of amides is 2. The van der Waals surface area contributed by atoms with Gasteiger partial charge in [-0.2, -0.15) is 0 Å². The molecule has 6 heteroatoms. The van der Waals surface area contributed by atoms with E-state index in [0.717, 1.165) is 0 Å². The summed E-state index contributed by atoms with van der Waals surface area (Å²) < 4.78 is 12.8. The first-order valence-electron chi connectivity index (χ1n) is 6.81. The number of carbonyl (C=O) groups excluding carboxylic acids is 2. The van der Waals surface area contributed by atoms with E-state index in [1.54, 1.807) is 0 Å². The van der Waals surface area contributed by atoms with Crippen molar-refractivity contribution in [1.82, 2.24) is 5.32 Å². The highest BCUT2D eigenvalue weighted by atomic mass is 19.1. The zero-order valence-corrected chi connectivity index (χ0v) is 12.2. The molecule has 0 aliphatic heterocycles. The van der Waals surface area contributed by atoms with Gasteiger partial charge >= 0.3 is 0 Å². The van der Waals surface area contributed by atoms with Crippen molar-refractivity contribution in [3.63, 3.8) is 0 Å². The van der Waals surface area contributed by atoms with Crippen LogP contribution in [0, 0.1) is 11.7 Å². The molecule has 0 fully saturated rings. The molecular weight excluding hydrogens is 275 g/mol. The summed E-state index contributed by atoms with van der Waals surface area (Å²) in [6.07, 6.45) is -0.732. The summed E-state index contributed by atoms with van der Waals surface area (Å²) in [5, 5.41) is 12.1. The molecule has 0 bridgehead atoms. The van der Waals surface area contributed by atoms with Crippen molar-refractivity contribution in [2.75, 3.05) is 0 Å². The van der Waals surface area contributed by atoms with Gasteiger partial charge in [-0.05, 0) is 30.0 Å². The number of carbonyl (C=O) groups is 2. The summed E-state index contributed by atoms with van der Waals surface area (Å²) >= 11 is 0. The van der Waals surface area contributed by atoms with Gasteiger partial charge in [0.15, 0.2) is 0 Å². The molecule has 0 saturated carbocycles. The van der Waals surface area contributed by atoms with Crippen LogP contribution in [0.15, 0.2) is 24.3 Å². The van der Waals surface area contributed by atoms with Gasteiger partial charge in [-0.1, -0.05) is 26.0 Å². The van der Waals surface area contributed by atoms with Crippen LogP contribution in [-0.2, 0) is 16.0 Å². The first-order chi connectivity index (χ1) is 9.79. The van der Waals surface area contributed by atoms with Crippen molar-refractivity contribution in [2.24, 2.45) is 11.7 Å². The minimum Gasteiger partial charge on any atom is -0.383 e. The summed E-state index contributed by atoms with van der Waals surface area (Å²) in [6, 6.07) is 4.63. The van der Waals surface area contributed by atoms with Crippen LogP contribution < -0.4 is 11.1 Å². The average molecular weight is 296 g/mol. The van der Waals surface area contributed by atoms with Crippen LogP contribution >= 0.6 is 0 Å². The number of aliphatic hydroxyl groups is 1. The molecule has 0 unspecified atom stereocenters. The number of nitrogens with one attached hydrogen (secondary N) is 1. The molecule has 1 aromatic carbocycles. The molecule has 116 valence electrons. The molecule has 0 radical (unpaired) electrons. The molecule has 2 atom stereocenters. The topological polar surface area (TPSA) is 92.4 Å². The van der Waals surface area contributed by atoms with Gasteiger partial charge in [-0.3, -0.25) is 9.59 Å². The Kier molecular flexibility index (Phi) is 6.30. The third-order valence-corrected chi connectivity index (χ3v) is 3.01. The second kappa shape index (κ2) is 7.73. The third kappa shape index (κ3) is 5.91. The molecule has 4 N–H and O–H groups in total. The molecule has 1 rings (SSSR count). The molecule has 1 aromatic rings. The van der Waals surface area contributed by atoms with Crippen molar-refractivity contribution in [2.45, 2.75) is 38.8 Å².